The lowest BCUT2D eigenvalue weighted by Gasteiger charge is -2.32. The number of carbonyl (C=O) groups excluding carboxylic acids is 1. The lowest BCUT2D eigenvalue weighted by Crippen LogP contribution is -2.41. The lowest BCUT2D eigenvalue weighted by atomic mass is 9.76. The van der Waals surface area contributed by atoms with Gasteiger partial charge >= 0.3 is 13.2 Å². The number of aryl methyl sites for hydroxylation is 2. The number of nitrogen functional groups attached to an aromatic ring is 1. The normalized spacial score (nSPS) is 17.3. The summed E-state index contributed by atoms with van der Waals surface area (Å²) in [6.07, 6.45) is 1.49. The van der Waals surface area contributed by atoms with Crippen LogP contribution < -0.4 is 11.1 Å². The van der Waals surface area contributed by atoms with Crippen molar-refractivity contribution >= 4 is 25.0 Å². The van der Waals surface area contributed by atoms with E-state index in [0.29, 0.717) is 0 Å². The number of hydrogen-bond acceptors (Lipinski definition) is 5. The minimum absolute atomic E-state index is 0.207. The summed E-state index contributed by atoms with van der Waals surface area (Å²) in [4.78, 5) is 12.3. The average molecular weight is 436 g/mol. The molecule has 3 rings (SSSR count). The van der Waals surface area contributed by atoms with Crippen LogP contribution in [-0.2, 0) is 20.7 Å². The number of ether oxygens (including phenoxy) is 1. The molecule has 3 N–H and O–H groups in total. The fraction of sp³-hybridized carbons (Fsp3) is 0.400. The Morgan fingerprint density at radius 2 is 1.62 bits per heavy atom. The van der Waals surface area contributed by atoms with Gasteiger partial charge in [-0.2, -0.15) is 0 Å². The first-order valence-electron chi connectivity index (χ1n) is 10.9. The number of carbonyl (C=O) groups is 1. The first-order chi connectivity index (χ1) is 15.0. The van der Waals surface area contributed by atoms with Crippen molar-refractivity contribution < 1.29 is 18.8 Å². The molecule has 0 spiro atoms. The third-order valence-corrected chi connectivity index (χ3v) is 6.17. The zero-order chi connectivity index (χ0) is 23.5. The number of nitrogens with two attached hydrogens (primary N) is 1. The van der Waals surface area contributed by atoms with Gasteiger partial charge in [0.2, 0.25) is 0 Å². The van der Waals surface area contributed by atoms with Crippen LogP contribution >= 0.6 is 0 Å². The number of hydrogen-bond donors (Lipinski definition) is 2. The van der Waals surface area contributed by atoms with Crippen molar-refractivity contribution in [2.45, 2.75) is 59.4 Å². The number of amides is 1. The van der Waals surface area contributed by atoms with Gasteiger partial charge in [-0.05, 0) is 69.3 Å². The molecule has 1 amide bonds. The predicted molar refractivity (Wildman–Crippen MR) is 129 cm³/mol. The van der Waals surface area contributed by atoms with Crippen LogP contribution in [0.25, 0.3) is 6.08 Å². The Bertz CT molecular complexity index is 963. The van der Waals surface area contributed by atoms with Crippen molar-refractivity contribution in [3.8, 4) is 0 Å². The van der Waals surface area contributed by atoms with Gasteiger partial charge in [-0.15, -0.1) is 0 Å². The third-order valence-electron chi connectivity index (χ3n) is 6.17. The smallest absolute Gasteiger partial charge is 0.445 e. The van der Waals surface area contributed by atoms with E-state index < -0.39 is 24.4 Å². The van der Waals surface area contributed by atoms with Gasteiger partial charge in [0, 0.05) is 12.2 Å². The minimum Gasteiger partial charge on any atom is -0.445 e. The molecule has 0 bridgehead atoms. The monoisotopic (exact) mass is 436 g/mol. The Morgan fingerprint density at radius 1 is 1.06 bits per heavy atom. The topological polar surface area (TPSA) is 82.8 Å². The summed E-state index contributed by atoms with van der Waals surface area (Å²) < 4.78 is 17.8. The molecule has 1 saturated heterocycles. The molecular formula is C25H33BN2O4. The number of alkyl carbamates (subject to hydrolysis) is 1. The standard InChI is InChI=1S/C25H33BN2O4/c1-17-12-20(13-18(2)22(17)27)14-21(26-31-24(3,4)25(5,6)32-26)15-28-23(29)30-16-19-10-8-7-9-11-19/h7-14H,15-16,27H2,1-6H3,(H,28,29). The maximum absolute atomic E-state index is 12.3. The van der Waals surface area contributed by atoms with Crippen LogP contribution in [0.3, 0.4) is 0 Å². The number of rotatable bonds is 6. The maximum atomic E-state index is 12.3. The van der Waals surface area contributed by atoms with Gasteiger partial charge in [0.15, 0.2) is 0 Å². The highest BCUT2D eigenvalue weighted by Gasteiger charge is 2.52. The second-order valence-electron chi connectivity index (χ2n) is 9.29. The van der Waals surface area contributed by atoms with E-state index >= 15 is 0 Å². The fourth-order valence-electron chi connectivity index (χ4n) is 3.45. The van der Waals surface area contributed by atoms with Crippen molar-refractivity contribution in [3.63, 3.8) is 0 Å². The van der Waals surface area contributed by atoms with Crippen LogP contribution in [-0.4, -0.2) is 31.0 Å². The molecule has 1 heterocycles. The van der Waals surface area contributed by atoms with Gasteiger partial charge in [0.25, 0.3) is 0 Å². The Balaban J connectivity index is 1.77. The van der Waals surface area contributed by atoms with E-state index in [1.54, 1.807) is 0 Å². The second-order valence-corrected chi connectivity index (χ2v) is 9.29. The molecule has 0 aromatic heterocycles. The van der Waals surface area contributed by atoms with E-state index in [-0.39, 0.29) is 13.2 Å². The number of benzene rings is 2. The molecule has 32 heavy (non-hydrogen) atoms. The van der Waals surface area contributed by atoms with Crippen molar-refractivity contribution in [2.75, 3.05) is 12.3 Å². The summed E-state index contributed by atoms with van der Waals surface area (Å²) in [5, 5.41) is 2.83. The van der Waals surface area contributed by atoms with Crippen molar-refractivity contribution in [3.05, 3.63) is 70.2 Å². The summed E-state index contributed by atoms with van der Waals surface area (Å²) in [6.45, 7) is 12.4. The quantitative estimate of drug-likeness (QED) is 0.501. The van der Waals surface area contributed by atoms with Gasteiger partial charge in [-0.1, -0.05) is 48.5 Å². The Hall–Kier alpha value is -2.77. The lowest BCUT2D eigenvalue weighted by molar-refractivity contribution is 0.00578. The molecule has 170 valence electrons. The fourth-order valence-corrected chi connectivity index (χ4v) is 3.45. The molecular weight excluding hydrogens is 403 g/mol. The van der Waals surface area contributed by atoms with Crippen LogP contribution in [0.1, 0.15) is 49.9 Å². The van der Waals surface area contributed by atoms with Crippen LogP contribution in [0.5, 0.6) is 0 Å². The molecule has 1 fully saturated rings. The first kappa shape index (κ1) is 23.9. The van der Waals surface area contributed by atoms with E-state index in [4.69, 9.17) is 19.8 Å². The van der Waals surface area contributed by atoms with E-state index in [9.17, 15) is 4.79 Å². The molecule has 2 aromatic rings. The second kappa shape index (κ2) is 9.39. The zero-order valence-corrected chi connectivity index (χ0v) is 19.8. The van der Waals surface area contributed by atoms with Gasteiger partial charge in [-0.25, -0.2) is 4.79 Å². The summed E-state index contributed by atoms with van der Waals surface area (Å²) in [5.74, 6) is 0. The summed E-state index contributed by atoms with van der Waals surface area (Å²) >= 11 is 0. The summed E-state index contributed by atoms with van der Waals surface area (Å²) in [6, 6.07) is 13.6. The van der Waals surface area contributed by atoms with E-state index in [0.717, 1.165) is 33.4 Å². The van der Waals surface area contributed by atoms with Crippen LogP contribution in [0, 0.1) is 13.8 Å². The van der Waals surface area contributed by atoms with Gasteiger partial charge in [0.1, 0.15) is 6.61 Å². The molecule has 1 aliphatic heterocycles. The highest BCUT2D eigenvalue weighted by molar-refractivity contribution is 6.56. The molecule has 0 aliphatic carbocycles. The summed E-state index contributed by atoms with van der Waals surface area (Å²) in [7, 11) is -0.590. The molecule has 6 nitrogen and oxygen atoms in total. The molecule has 0 saturated carbocycles. The van der Waals surface area contributed by atoms with Crippen LogP contribution in [0.4, 0.5) is 10.5 Å². The van der Waals surface area contributed by atoms with Gasteiger partial charge < -0.3 is 25.1 Å². The average Bonchev–Trinajstić information content (AvgIpc) is 2.95. The highest BCUT2D eigenvalue weighted by Crippen LogP contribution is 2.38. The number of nitrogens with one attached hydrogen (secondary N) is 1. The van der Waals surface area contributed by atoms with Crippen molar-refractivity contribution in [1.82, 2.24) is 5.32 Å². The van der Waals surface area contributed by atoms with Crippen molar-refractivity contribution in [2.24, 2.45) is 0 Å². The molecule has 0 radical (unpaired) electrons. The molecule has 0 unspecified atom stereocenters. The van der Waals surface area contributed by atoms with Crippen LogP contribution in [0.2, 0.25) is 0 Å². The molecule has 2 aromatic carbocycles. The van der Waals surface area contributed by atoms with Gasteiger partial charge in [-0.3, -0.25) is 0 Å². The zero-order valence-electron chi connectivity index (χ0n) is 19.8. The molecule has 7 heteroatoms. The van der Waals surface area contributed by atoms with Gasteiger partial charge in [0.05, 0.1) is 11.2 Å². The Morgan fingerprint density at radius 3 is 2.19 bits per heavy atom. The highest BCUT2D eigenvalue weighted by atomic mass is 16.7. The third kappa shape index (κ3) is 5.53. The van der Waals surface area contributed by atoms with E-state index in [2.05, 4.69) is 5.32 Å². The van der Waals surface area contributed by atoms with E-state index in [1.165, 1.54) is 0 Å². The SMILES string of the molecule is Cc1cc(C=C(CNC(=O)OCc2ccccc2)B2OC(C)(C)C(C)(C)O2)cc(C)c1N. The van der Waals surface area contributed by atoms with Crippen LogP contribution in [0.15, 0.2) is 47.9 Å². The largest absolute Gasteiger partial charge is 0.492 e. The Labute approximate surface area is 191 Å². The van der Waals surface area contributed by atoms with Crippen molar-refractivity contribution in [1.29, 1.82) is 0 Å². The van der Waals surface area contributed by atoms with E-state index in [1.807, 2.05) is 90.1 Å². The molecule has 1 aliphatic rings. The predicted octanol–water partition coefficient (Wildman–Crippen LogP) is 4.83. The maximum Gasteiger partial charge on any atom is 0.492 e. The molecule has 0 atom stereocenters. The Kier molecular flexibility index (Phi) is 7.01. The number of anilines is 1. The minimum atomic E-state index is -0.590. The summed E-state index contributed by atoms with van der Waals surface area (Å²) in [5.41, 5.74) is 10.6. The first-order valence-corrected chi connectivity index (χ1v) is 10.9.